The standard InChI is InChI=1S/C17H20N2OS/c1-11(2)15(16(18)21)17(20)19-10-13-8-5-7-12-6-3-4-9-14(12)13/h3-9,11,15H,10H2,1-2H3,(H2,18,21)(H,19,20). The van der Waals surface area contributed by atoms with Crippen molar-refractivity contribution in [3.63, 3.8) is 0 Å². The summed E-state index contributed by atoms with van der Waals surface area (Å²) in [5, 5.41) is 5.26. The number of nitrogens with one attached hydrogen (secondary N) is 1. The number of rotatable bonds is 5. The quantitative estimate of drug-likeness (QED) is 0.835. The van der Waals surface area contributed by atoms with Gasteiger partial charge in [0.2, 0.25) is 5.91 Å². The van der Waals surface area contributed by atoms with E-state index < -0.39 is 5.92 Å². The third-order valence-corrected chi connectivity index (χ3v) is 3.84. The second kappa shape index (κ2) is 6.68. The van der Waals surface area contributed by atoms with Crippen molar-refractivity contribution in [2.24, 2.45) is 17.6 Å². The molecular weight excluding hydrogens is 280 g/mol. The average molecular weight is 300 g/mol. The first-order valence-electron chi connectivity index (χ1n) is 7.04. The maximum atomic E-state index is 12.3. The summed E-state index contributed by atoms with van der Waals surface area (Å²) in [6, 6.07) is 14.2. The molecule has 0 heterocycles. The molecule has 0 aliphatic carbocycles. The topological polar surface area (TPSA) is 55.1 Å². The van der Waals surface area contributed by atoms with E-state index in [1.807, 2.05) is 38.1 Å². The number of fused-ring (bicyclic) bond motifs is 1. The van der Waals surface area contributed by atoms with E-state index in [0.717, 1.165) is 10.9 Å². The van der Waals surface area contributed by atoms with Gasteiger partial charge in [0.15, 0.2) is 0 Å². The molecule has 3 N–H and O–H groups in total. The first kappa shape index (κ1) is 15.4. The molecule has 110 valence electrons. The third-order valence-electron chi connectivity index (χ3n) is 3.59. The lowest BCUT2D eigenvalue weighted by Crippen LogP contribution is -2.40. The zero-order valence-electron chi connectivity index (χ0n) is 12.3. The molecule has 2 aromatic rings. The number of benzene rings is 2. The molecule has 0 bridgehead atoms. The van der Waals surface area contributed by atoms with Crippen LogP contribution < -0.4 is 11.1 Å². The Bertz CT molecular complexity index is 661. The summed E-state index contributed by atoms with van der Waals surface area (Å²) in [7, 11) is 0. The summed E-state index contributed by atoms with van der Waals surface area (Å²) in [6.45, 7) is 4.37. The van der Waals surface area contributed by atoms with Gasteiger partial charge >= 0.3 is 0 Å². The molecule has 0 saturated heterocycles. The van der Waals surface area contributed by atoms with Crippen molar-refractivity contribution in [2.45, 2.75) is 20.4 Å². The predicted molar refractivity (Wildman–Crippen MR) is 90.9 cm³/mol. The fourth-order valence-corrected chi connectivity index (χ4v) is 2.88. The number of amides is 1. The first-order chi connectivity index (χ1) is 10.0. The van der Waals surface area contributed by atoms with E-state index in [4.69, 9.17) is 18.0 Å². The Balaban J connectivity index is 2.15. The average Bonchev–Trinajstić information content (AvgIpc) is 2.44. The fraction of sp³-hybridized carbons (Fsp3) is 0.294. The van der Waals surface area contributed by atoms with Crippen LogP contribution in [0.25, 0.3) is 10.8 Å². The minimum atomic E-state index is -0.421. The van der Waals surface area contributed by atoms with Crippen LogP contribution in [0.5, 0.6) is 0 Å². The van der Waals surface area contributed by atoms with Crippen LogP contribution >= 0.6 is 12.2 Å². The number of hydrogen-bond acceptors (Lipinski definition) is 2. The van der Waals surface area contributed by atoms with Crippen molar-refractivity contribution < 1.29 is 4.79 Å². The normalized spacial score (nSPS) is 12.3. The van der Waals surface area contributed by atoms with Crippen molar-refractivity contribution >= 4 is 33.9 Å². The zero-order valence-corrected chi connectivity index (χ0v) is 13.1. The second-order valence-electron chi connectivity index (χ2n) is 5.48. The SMILES string of the molecule is CC(C)C(C(=O)NCc1cccc2ccccc12)C(N)=S. The lowest BCUT2D eigenvalue weighted by molar-refractivity contribution is -0.124. The van der Waals surface area contributed by atoms with Gasteiger partial charge in [0, 0.05) is 6.54 Å². The number of carbonyl (C=O) groups is 1. The van der Waals surface area contributed by atoms with Gasteiger partial charge in [-0.1, -0.05) is 68.5 Å². The Morgan fingerprint density at radius 3 is 2.52 bits per heavy atom. The fourth-order valence-electron chi connectivity index (χ4n) is 2.50. The summed E-state index contributed by atoms with van der Waals surface area (Å²) < 4.78 is 0. The van der Waals surface area contributed by atoms with Gasteiger partial charge < -0.3 is 11.1 Å². The van der Waals surface area contributed by atoms with E-state index >= 15 is 0 Å². The molecule has 21 heavy (non-hydrogen) atoms. The van der Waals surface area contributed by atoms with Gasteiger partial charge in [-0.15, -0.1) is 0 Å². The molecule has 0 radical (unpaired) electrons. The van der Waals surface area contributed by atoms with Gasteiger partial charge in [0.05, 0.1) is 10.9 Å². The van der Waals surface area contributed by atoms with Crippen molar-refractivity contribution in [3.8, 4) is 0 Å². The van der Waals surface area contributed by atoms with Gasteiger partial charge in [0.1, 0.15) is 0 Å². The highest BCUT2D eigenvalue weighted by Crippen LogP contribution is 2.19. The van der Waals surface area contributed by atoms with Crippen LogP contribution in [-0.4, -0.2) is 10.9 Å². The summed E-state index contributed by atoms with van der Waals surface area (Å²) in [6.07, 6.45) is 0. The molecular formula is C17H20N2OS. The van der Waals surface area contributed by atoms with E-state index in [2.05, 4.69) is 23.5 Å². The van der Waals surface area contributed by atoms with Crippen molar-refractivity contribution in [1.82, 2.24) is 5.32 Å². The molecule has 2 rings (SSSR count). The van der Waals surface area contributed by atoms with Crippen LogP contribution in [0.4, 0.5) is 0 Å². The first-order valence-corrected chi connectivity index (χ1v) is 7.45. The highest BCUT2D eigenvalue weighted by molar-refractivity contribution is 7.80. The van der Waals surface area contributed by atoms with Crippen LogP contribution in [0.3, 0.4) is 0 Å². The number of nitrogens with two attached hydrogens (primary N) is 1. The van der Waals surface area contributed by atoms with Crippen LogP contribution in [0.1, 0.15) is 19.4 Å². The largest absolute Gasteiger partial charge is 0.393 e. The molecule has 1 atom stereocenters. The summed E-state index contributed by atoms with van der Waals surface area (Å²) in [5.41, 5.74) is 6.76. The van der Waals surface area contributed by atoms with Crippen LogP contribution in [0.15, 0.2) is 42.5 Å². The van der Waals surface area contributed by atoms with Crippen molar-refractivity contribution in [3.05, 3.63) is 48.0 Å². The monoisotopic (exact) mass is 300 g/mol. The minimum Gasteiger partial charge on any atom is -0.393 e. The summed E-state index contributed by atoms with van der Waals surface area (Å²) >= 11 is 4.99. The molecule has 3 nitrogen and oxygen atoms in total. The third kappa shape index (κ3) is 3.58. The maximum Gasteiger partial charge on any atom is 0.230 e. The highest BCUT2D eigenvalue weighted by Gasteiger charge is 2.24. The van der Waals surface area contributed by atoms with Gasteiger partial charge in [-0.3, -0.25) is 4.79 Å². The molecule has 0 aliphatic heterocycles. The highest BCUT2D eigenvalue weighted by atomic mass is 32.1. The van der Waals surface area contributed by atoms with E-state index in [-0.39, 0.29) is 16.8 Å². The Morgan fingerprint density at radius 2 is 1.86 bits per heavy atom. The van der Waals surface area contributed by atoms with E-state index in [1.165, 1.54) is 5.39 Å². The molecule has 1 unspecified atom stereocenters. The maximum absolute atomic E-state index is 12.3. The van der Waals surface area contributed by atoms with Crippen LogP contribution in [0.2, 0.25) is 0 Å². The summed E-state index contributed by atoms with van der Waals surface area (Å²) in [5.74, 6) is -0.435. The molecule has 0 saturated carbocycles. The Morgan fingerprint density at radius 1 is 1.19 bits per heavy atom. The lowest BCUT2D eigenvalue weighted by atomic mass is 9.95. The number of thiocarbonyl (C=S) groups is 1. The Kier molecular flexibility index (Phi) is 4.91. The Labute approximate surface area is 130 Å². The predicted octanol–water partition coefficient (Wildman–Crippen LogP) is 3.01. The molecule has 2 aromatic carbocycles. The van der Waals surface area contributed by atoms with Gasteiger partial charge in [-0.05, 0) is 22.3 Å². The van der Waals surface area contributed by atoms with E-state index in [0.29, 0.717) is 6.54 Å². The van der Waals surface area contributed by atoms with Crippen LogP contribution in [-0.2, 0) is 11.3 Å². The van der Waals surface area contributed by atoms with E-state index in [9.17, 15) is 4.79 Å². The van der Waals surface area contributed by atoms with Crippen LogP contribution in [0, 0.1) is 11.8 Å². The molecule has 0 aliphatic rings. The number of carbonyl (C=O) groups excluding carboxylic acids is 1. The van der Waals surface area contributed by atoms with Gasteiger partial charge in [-0.2, -0.15) is 0 Å². The molecule has 4 heteroatoms. The van der Waals surface area contributed by atoms with Crippen molar-refractivity contribution in [2.75, 3.05) is 0 Å². The number of hydrogen-bond donors (Lipinski definition) is 2. The second-order valence-corrected chi connectivity index (χ2v) is 5.95. The van der Waals surface area contributed by atoms with Gasteiger partial charge in [-0.25, -0.2) is 0 Å². The molecule has 0 aromatic heterocycles. The van der Waals surface area contributed by atoms with Crippen molar-refractivity contribution in [1.29, 1.82) is 0 Å². The molecule has 1 amide bonds. The smallest absolute Gasteiger partial charge is 0.230 e. The lowest BCUT2D eigenvalue weighted by Gasteiger charge is -2.19. The van der Waals surface area contributed by atoms with Gasteiger partial charge in [0.25, 0.3) is 0 Å². The molecule has 0 fully saturated rings. The molecule has 0 spiro atoms. The van der Waals surface area contributed by atoms with E-state index in [1.54, 1.807) is 0 Å². The Hall–Kier alpha value is -1.94. The minimum absolute atomic E-state index is 0.0926. The summed E-state index contributed by atoms with van der Waals surface area (Å²) in [4.78, 5) is 12.5. The zero-order chi connectivity index (χ0) is 15.4.